The molecule has 0 aromatic carbocycles. The molecule has 1 atom stereocenters. The molecule has 3 nitrogen and oxygen atoms in total. The van der Waals surface area contributed by atoms with Crippen molar-refractivity contribution in [3.8, 4) is 0 Å². The lowest BCUT2D eigenvalue weighted by molar-refractivity contribution is -0.159. The minimum absolute atomic E-state index is 0.139. The Bertz CT molecular complexity index is 127. The Morgan fingerprint density at radius 3 is 2.45 bits per heavy atom. The maximum atomic E-state index is 11.5. The highest BCUT2D eigenvalue weighted by molar-refractivity contribution is 5.72. The van der Waals surface area contributed by atoms with Crippen molar-refractivity contribution in [2.24, 2.45) is 0 Å². The molecular formula is C6H10F2O3. The number of methoxy groups -OCH3 is 1. The quantitative estimate of drug-likeness (QED) is 0.583. The Morgan fingerprint density at radius 2 is 2.09 bits per heavy atom. The fourth-order valence-corrected chi connectivity index (χ4v) is 0.331. The first-order valence-electron chi connectivity index (χ1n) is 3.05. The minimum Gasteiger partial charge on any atom is -0.459 e. The van der Waals surface area contributed by atoms with Gasteiger partial charge < -0.3 is 9.47 Å². The van der Waals surface area contributed by atoms with E-state index in [0.29, 0.717) is 0 Å². The molecule has 11 heavy (non-hydrogen) atoms. The van der Waals surface area contributed by atoms with Gasteiger partial charge in [0.2, 0.25) is 0 Å². The molecule has 0 saturated carbocycles. The molecule has 5 heteroatoms. The largest absolute Gasteiger partial charge is 0.459 e. The van der Waals surface area contributed by atoms with E-state index < -0.39 is 12.4 Å². The standard InChI is InChI=1S/C6H10F2O3/c1-4(10-2)3-11-6(9)5(7)8/h4-5H,3H2,1-2H3. The van der Waals surface area contributed by atoms with Gasteiger partial charge in [0.1, 0.15) is 6.61 Å². The second-order valence-electron chi connectivity index (χ2n) is 1.98. The summed E-state index contributed by atoms with van der Waals surface area (Å²) >= 11 is 0. The summed E-state index contributed by atoms with van der Waals surface area (Å²) in [7, 11) is 1.40. The lowest BCUT2D eigenvalue weighted by Gasteiger charge is -2.09. The van der Waals surface area contributed by atoms with Crippen molar-refractivity contribution in [2.45, 2.75) is 19.5 Å². The Morgan fingerprint density at radius 1 is 1.55 bits per heavy atom. The molecule has 0 saturated heterocycles. The molecule has 0 aliphatic heterocycles. The zero-order valence-electron chi connectivity index (χ0n) is 6.34. The van der Waals surface area contributed by atoms with Crippen LogP contribution in [0.25, 0.3) is 0 Å². The average Bonchev–Trinajstić information content (AvgIpc) is 1.99. The highest BCUT2D eigenvalue weighted by Gasteiger charge is 2.17. The van der Waals surface area contributed by atoms with Crippen molar-refractivity contribution in [1.29, 1.82) is 0 Å². The second-order valence-corrected chi connectivity index (χ2v) is 1.98. The molecule has 0 aromatic rings. The smallest absolute Gasteiger partial charge is 0.373 e. The van der Waals surface area contributed by atoms with E-state index in [1.54, 1.807) is 6.92 Å². The van der Waals surface area contributed by atoms with E-state index in [9.17, 15) is 13.6 Å². The molecule has 0 amide bonds. The van der Waals surface area contributed by atoms with Crippen LogP contribution in [0.1, 0.15) is 6.92 Å². The second kappa shape index (κ2) is 5.01. The molecule has 0 spiro atoms. The van der Waals surface area contributed by atoms with Crippen molar-refractivity contribution in [2.75, 3.05) is 13.7 Å². The van der Waals surface area contributed by atoms with Gasteiger partial charge in [0.15, 0.2) is 0 Å². The summed E-state index contributed by atoms with van der Waals surface area (Å²) in [5.74, 6) is -1.51. The molecule has 0 aliphatic carbocycles. The van der Waals surface area contributed by atoms with E-state index in [1.807, 2.05) is 0 Å². The van der Waals surface area contributed by atoms with E-state index >= 15 is 0 Å². The fraction of sp³-hybridized carbons (Fsp3) is 0.833. The molecule has 0 bridgehead atoms. The third kappa shape index (κ3) is 4.66. The fourth-order valence-electron chi connectivity index (χ4n) is 0.331. The van der Waals surface area contributed by atoms with Crippen LogP contribution in [0.2, 0.25) is 0 Å². The van der Waals surface area contributed by atoms with Gasteiger partial charge in [-0.25, -0.2) is 4.79 Å². The Hall–Kier alpha value is -0.710. The van der Waals surface area contributed by atoms with Gasteiger partial charge in [0, 0.05) is 7.11 Å². The number of esters is 1. The summed E-state index contributed by atoms with van der Waals surface area (Å²) < 4.78 is 31.7. The van der Waals surface area contributed by atoms with Crippen LogP contribution in [0.3, 0.4) is 0 Å². The van der Waals surface area contributed by atoms with Crippen LogP contribution < -0.4 is 0 Å². The van der Waals surface area contributed by atoms with Gasteiger partial charge in [0.25, 0.3) is 0 Å². The monoisotopic (exact) mass is 168 g/mol. The molecule has 0 aliphatic rings. The van der Waals surface area contributed by atoms with Crippen LogP contribution in [0, 0.1) is 0 Å². The summed E-state index contributed by atoms with van der Waals surface area (Å²) in [6, 6.07) is 0. The zero-order chi connectivity index (χ0) is 8.85. The summed E-state index contributed by atoms with van der Waals surface area (Å²) in [6.07, 6.45) is -3.41. The highest BCUT2D eigenvalue weighted by atomic mass is 19.3. The van der Waals surface area contributed by atoms with Crippen molar-refractivity contribution >= 4 is 5.97 Å². The number of alkyl halides is 2. The van der Waals surface area contributed by atoms with E-state index in [4.69, 9.17) is 0 Å². The van der Waals surface area contributed by atoms with Gasteiger partial charge in [-0.05, 0) is 6.92 Å². The molecular weight excluding hydrogens is 158 g/mol. The molecule has 1 unspecified atom stereocenters. The maximum absolute atomic E-state index is 11.5. The first-order valence-corrected chi connectivity index (χ1v) is 3.05. The van der Waals surface area contributed by atoms with Crippen LogP contribution in [0.15, 0.2) is 0 Å². The lowest BCUT2D eigenvalue weighted by atomic mass is 10.4. The SMILES string of the molecule is COC(C)COC(=O)C(F)F. The van der Waals surface area contributed by atoms with Gasteiger partial charge in [-0.15, -0.1) is 0 Å². The summed E-state index contributed by atoms with van der Waals surface area (Å²) in [5.41, 5.74) is 0. The van der Waals surface area contributed by atoms with Crippen molar-refractivity contribution < 1.29 is 23.0 Å². The van der Waals surface area contributed by atoms with Crippen molar-refractivity contribution in [1.82, 2.24) is 0 Å². The van der Waals surface area contributed by atoms with Gasteiger partial charge in [0.05, 0.1) is 6.10 Å². The van der Waals surface area contributed by atoms with Crippen LogP contribution in [-0.4, -0.2) is 32.2 Å². The van der Waals surface area contributed by atoms with Gasteiger partial charge in [-0.2, -0.15) is 8.78 Å². The molecule has 0 fully saturated rings. The number of halogens is 2. The number of rotatable bonds is 4. The average molecular weight is 168 g/mol. The third-order valence-corrected chi connectivity index (χ3v) is 1.04. The third-order valence-electron chi connectivity index (χ3n) is 1.04. The number of hydrogen-bond acceptors (Lipinski definition) is 3. The summed E-state index contributed by atoms with van der Waals surface area (Å²) in [4.78, 5) is 10.1. The van der Waals surface area contributed by atoms with Crippen molar-refractivity contribution in [3.63, 3.8) is 0 Å². The van der Waals surface area contributed by atoms with E-state index in [0.717, 1.165) is 0 Å². The van der Waals surface area contributed by atoms with Crippen LogP contribution in [0.4, 0.5) is 8.78 Å². The Balaban J connectivity index is 3.46. The maximum Gasteiger partial charge on any atom is 0.373 e. The summed E-state index contributed by atoms with van der Waals surface area (Å²) in [6.45, 7) is 1.47. The van der Waals surface area contributed by atoms with Gasteiger partial charge in [-0.3, -0.25) is 0 Å². The van der Waals surface area contributed by atoms with E-state index in [2.05, 4.69) is 9.47 Å². The first-order chi connectivity index (χ1) is 5.07. The van der Waals surface area contributed by atoms with Gasteiger partial charge in [-0.1, -0.05) is 0 Å². The number of ether oxygens (including phenoxy) is 2. The molecule has 0 heterocycles. The normalized spacial score (nSPS) is 13.2. The van der Waals surface area contributed by atoms with E-state index in [1.165, 1.54) is 7.11 Å². The highest BCUT2D eigenvalue weighted by Crippen LogP contribution is 1.97. The van der Waals surface area contributed by atoms with Crippen LogP contribution in [0.5, 0.6) is 0 Å². The zero-order valence-corrected chi connectivity index (χ0v) is 6.34. The molecule has 0 aromatic heterocycles. The van der Waals surface area contributed by atoms with Crippen molar-refractivity contribution in [3.05, 3.63) is 0 Å². The van der Waals surface area contributed by atoms with Crippen LogP contribution >= 0.6 is 0 Å². The minimum atomic E-state index is -3.06. The van der Waals surface area contributed by atoms with E-state index in [-0.39, 0.29) is 12.7 Å². The Labute approximate surface area is 63.3 Å². The number of carbonyl (C=O) groups is 1. The summed E-state index contributed by atoms with van der Waals surface area (Å²) in [5, 5.41) is 0. The lowest BCUT2D eigenvalue weighted by Crippen LogP contribution is -2.21. The van der Waals surface area contributed by atoms with Crippen LogP contribution in [-0.2, 0) is 14.3 Å². The first kappa shape index (κ1) is 10.3. The predicted molar refractivity (Wildman–Crippen MR) is 33.4 cm³/mol. The van der Waals surface area contributed by atoms with Gasteiger partial charge >= 0.3 is 12.4 Å². The molecule has 0 rings (SSSR count). The number of hydrogen-bond donors (Lipinski definition) is 0. The Kier molecular flexibility index (Phi) is 4.69. The molecule has 0 N–H and O–H groups in total. The topological polar surface area (TPSA) is 35.5 Å². The molecule has 66 valence electrons. The molecule has 0 radical (unpaired) electrons. The number of carbonyl (C=O) groups excluding carboxylic acids is 1. The predicted octanol–water partition coefficient (Wildman–Crippen LogP) is 0.830.